The number of rotatable bonds is 5. The quantitative estimate of drug-likeness (QED) is 0.639. The Kier molecular flexibility index (Phi) is 3.68. The van der Waals surface area contributed by atoms with Crippen molar-refractivity contribution < 1.29 is 14.3 Å². The van der Waals surface area contributed by atoms with Crippen LogP contribution in [0.4, 0.5) is 0 Å². The van der Waals surface area contributed by atoms with Gasteiger partial charge in [-0.1, -0.05) is 30.3 Å². The second-order valence-electron chi connectivity index (χ2n) is 4.60. The molecule has 2 rings (SSSR count). The van der Waals surface area contributed by atoms with Crippen LogP contribution in [0.1, 0.15) is 26.3 Å². The maximum absolute atomic E-state index is 11.7. The fourth-order valence-electron chi connectivity index (χ4n) is 2.24. The van der Waals surface area contributed by atoms with Gasteiger partial charge in [0, 0.05) is 6.61 Å². The second-order valence-corrected chi connectivity index (χ2v) is 4.60. The molecule has 1 fully saturated rings. The summed E-state index contributed by atoms with van der Waals surface area (Å²) in [4.78, 5) is 11.7. The molecule has 1 aliphatic heterocycles. The van der Waals surface area contributed by atoms with Gasteiger partial charge in [-0.25, -0.2) is 0 Å². The van der Waals surface area contributed by atoms with Gasteiger partial charge in [0.25, 0.3) is 5.91 Å². The Morgan fingerprint density at radius 1 is 1.39 bits per heavy atom. The largest absolute Gasteiger partial charge is 0.353 e. The topological polar surface area (TPSA) is 47.6 Å². The van der Waals surface area contributed by atoms with Crippen molar-refractivity contribution in [2.75, 3.05) is 6.61 Å². The molecular weight excluding hydrogens is 230 g/mol. The molecule has 0 spiro atoms. The Bertz CT molecular complexity index is 420. The minimum Gasteiger partial charge on any atom is -0.353 e. The molecule has 1 aromatic rings. The molecule has 0 aromatic heterocycles. The van der Waals surface area contributed by atoms with Crippen LogP contribution in [0, 0.1) is 0 Å². The molecule has 3 atom stereocenters. The Morgan fingerprint density at radius 3 is 2.61 bits per heavy atom. The van der Waals surface area contributed by atoms with Gasteiger partial charge in [0.15, 0.2) is 12.4 Å². The van der Waals surface area contributed by atoms with Gasteiger partial charge in [-0.05, 0) is 26.3 Å². The molecule has 4 nitrogen and oxygen atoms in total. The first kappa shape index (κ1) is 13.1. The van der Waals surface area contributed by atoms with Gasteiger partial charge in [-0.2, -0.15) is 0 Å². The second kappa shape index (κ2) is 5.08. The third-order valence-electron chi connectivity index (χ3n) is 3.25. The van der Waals surface area contributed by atoms with Crippen molar-refractivity contribution in [3.05, 3.63) is 35.9 Å². The summed E-state index contributed by atoms with van der Waals surface area (Å²) in [5, 5.41) is 2.91. The molecule has 1 unspecified atom stereocenters. The van der Waals surface area contributed by atoms with Gasteiger partial charge in [0.05, 0.1) is 5.54 Å². The van der Waals surface area contributed by atoms with Crippen molar-refractivity contribution in [3.8, 4) is 0 Å². The summed E-state index contributed by atoms with van der Waals surface area (Å²) in [5.41, 5.74) is 0.572. The fraction of sp³-hybridized carbons (Fsp3) is 0.500. The average Bonchev–Trinajstić information content (AvgIpc) is 2.37. The SMILES string of the molecule is CCOC(C)O[C@H]1C(=O)N[C@@]1(C)c1ccccc1. The molecule has 1 saturated heterocycles. The van der Waals surface area contributed by atoms with Gasteiger partial charge in [0.2, 0.25) is 0 Å². The Hall–Kier alpha value is -1.39. The molecule has 0 radical (unpaired) electrons. The lowest BCUT2D eigenvalue weighted by Crippen LogP contribution is -2.70. The van der Waals surface area contributed by atoms with Gasteiger partial charge >= 0.3 is 0 Å². The van der Waals surface area contributed by atoms with Crippen LogP contribution in [0.3, 0.4) is 0 Å². The molecule has 1 aromatic carbocycles. The van der Waals surface area contributed by atoms with E-state index in [2.05, 4.69) is 5.32 Å². The predicted octanol–water partition coefficient (Wildman–Crippen LogP) is 1.80. The zero-order chi connectivity index (χ0) is 13.2. The van der Waals surface area contributed by atoms with Crippen LogP contribution in [0.2, 0.25) is 0 Å². The summed E-state index contributed by atoms with van der Waals surface area (Å²) in [6.07, 6.45) is -0.879. The van der Waals surface area contributed by atoms with Gasteiger partial charge in [-0.3, -0.25) is 4.79 Å². The lowest BCUT2D eigenvalue weighted by atomic mass is 9.79. The van der Waals surface area contributed by atoms with Crippen LogP contribution in [-0.2, 0) is 19.8 Å². The molecule has 18 heavy (non-hydrogen) atoms. The molecule has 0 aliphatic carbocycles. The number of β-lactam (4-membered cyclic amide) rings is 1. The van der Waals surface area contributed by atoms with Crippen molar-refractivity contribution in [1.82, 2.24) is 5.32 Å². The first-order valence-corrected chi connectivity index (χ1v) is 6.22. The first-order chi connectivity index (χ1) is 8.58. The van der Waals surface area contributed by atoms with E-state index in [-0.39, 0.29) is 12.2 Å². The zero-order valence-corrected chi connectivity index (χ0v) is 11.0. The zero-order valence-electron chi connectivity index (χ0n) is 11.0. The normalized spacial score (nSPS) is 28.4. The summed E-state index contributed by atoms with van der Waals surface area (Å²) >= 11 is 0. The molecule has 1 N–H and O–H groups in total. The molecule has 1 aliphatic rings. The first-order valence-electron chi connectivity index (χ1n) is 6.22. The Balaban J connectivity index is 2.12. The maximum Gasteiger partial charge on any atom is 0.252 e. The Labute approximate surface area is 107 Å². The van der Waals surface area contributed by atoms with Crippen LogP contribution in [0.25, 0.3) is 0 Å². The van der Waals surface area contributed by atoms with Gasteiger partial charge in [0.1, 0.15) is 0 Å². The number of ether oxygens (including phenoxy) is 2. The van der Waals surface area contributed by atoms with E-state index in [1.807, 2.05) is 44.2 Å². The van der Waals surface area contributed by atoms with E-state index < -0.39 is 11.6 Å². The van der Waals surface area contributed by atoms with Crippen LogP contribution >= 0.6 is 0 Å². The molecule has 0 bridgehead atoms. The van der Waals surface area contributed by atoms with E-state index in [4.69, 9.17) is 9.47 Å². The van der Waals surface area contributed by atoms with E-state index >= 15 is 0 Å². The maximum atomic E-state index is 11.7. The van der Waals surface area contributed by atoms with E-state index in [9.17, 15) is 4.79 Å². The molecule has 4 heteroatoms. The monoisotopic (exact) mass is 249 g/mol. The van der Waals surface area contributed by atoms with Crippen molar-refractivity contribution in [2.24, 2.45) is 0 Å². The highest BCUT2D eigenvalue weighted by Crippen LogP contribution is 2.34. The standard InChI is InChI=1S/C14H19NO3/c1-4-17-10(2)18-12-13(16)15-14(12,3)11-8-6-5-7-9-11/h5-10,12H,4H2,1-3H3,(H,15,16)/t10?,12-,14-/m0/s1. The van der Waals surface area contributed by atoms with Crippen LogP contribution in [-0.4, -0.2) is 24.9 Å². The number of amides is 1. The predicted molar refractivity (Wildman–Crippen MR) is 67.9 cm³/mol. The summed E-state index contributed by atoms with van der Waals surface area (Å²) < 4.78 is 11.0. The fourth-order valence-corrected chi connectivity index (χ4v) is 2.24. The third-order valence-corrected chi connectivity index (χ3v) is 3.25. The lowest BCUT2D eigenvalue weighted by molar-refractivity contribution is -0.205. The smallest absolute Gasteiger partial charge is 0.252 e. The minimum atomic E-state index is -0.499. The summed E-state index contributed by atoms with van der Waals surface area (Å²) in [6, 6.07) is 9.83. The number of benzene rings is 1. The van der Waals surface area contributed by atoms with E-state index in [1.54, 1.807) is 6.92 Å². The highest BCUT2D eigenvalue weighted by molar-refractivity contribution is 5.90. The summed E-state index contributed by atoms with van der Waals surface area (Å²) in [5.74, 6) is -0.0899. The number of carbonyl (C=O) groups excluding carboxylic acids is 1. The highest BCUT2D eigenvalue weighted by atomic mass is 16.7. The van der Waals surface area contributed by atoms with Crippen LogP contribution < -0.4 is 5.32 Å². The molecule has 98 valence electrons. The number of carbonyl (C=O) groups is 1. The van der Waals surface area contributed by atoms with E-state index in [0.29, 0.717) is 6.61 Å². The van der Waals surface area contributed by atoms with Gasteiger partial charge in [-0.15, -0.1) is 0 Å². The molecular formula is C14H19NO3. The number of hydrogen-bond acceptors (Lipinski definition) is 3. The summed E-state index contributed by atoms with van der Waals surface area (Å²) in [7, 11) is 0. The van der Waals surface area contributed by atoms with E-state index in [1.165, 1.54) is 0 Å². The van der Waals surface area contributed by atoms with Crippen molar-refractivity contribution in [3.63, 3.8) is 0 Å². The Morgan fingerprint density at radius 2 is 2.06 bits per heavy atom. The minimum absolute atomic E-state index is 0.0899. The average molecular weight is 249 g/mol. The molecule has 0 saturated carbocycles. The highest BCUT2D eigenvalue weighted by Gasteiger charge is 2.52. The van der Waals surface area contributed by atoms with Crippen LogP contribution in [0.15, 0.2) is 30.3 Å². The number of nitrogens with one attached hydrogen (secondary N) is 1. The molecule has 1 amide bonds. The number of hydrogen-bond donors (Lipinski definition) is 1. The van der Waals surface area contributed by atoms with Crippen molar-refractivity contribution in [1.29, 1.82) is 0 Å². The van der Waals surface area contributed by atoms with Gasteiger partial charge < -0.3 is 14.8 Å². The third kappa shape index (κ3) is 2.26. The summed E-state index contributed by atoms with van der Waals surface area (Å²) in [6.45, 7) is 6.24. The van der Waals surface area contributed by atoms with E-state index in [0.717, 1.165) is 5.56 Å². The molecule has 1 heterocycles. The lowest BCUT2D eigenvalue weighted by Gasteiger charge is -2.47. The van der Waals surface area contributed by atoms with Crippen molar-refractivity contribution in [2.45, 2.75) is 38.7 Å². The van der Waals surface area contributed by atoms with Crippen molar-refractivity contribution >= 4 is 5.91 Å². The van der Waals surface area contributed by atoms with Crippen LogP contribution in [0.5, 0.6) is 0 Å².